The van der Waals surface area contributed by atoms with E-state index in [2.05, 4.69) is 10.4 Å². The highest BCUT2D eigenvalue weighted by atomic mass is 19.3. The third-order valence-corrected chi connectivity index (χ3v) is 3.69. The first kappa shape index (κ1) is 16.4. The van der Waals surface area contributed by atoms with Crippen LogP contribution in [-0.4, -0.2) is 32.8 Å². The van der Waals surface area contributed by atoms with Gasteiger partial charge in [0.2, 0.25) is 0 Å². The predicted octanol–water partition coefficient (Wildman–Crippen LogP) is 2.07. The molecule has 0 bridgehead atoms. The van der Waals surface area contributed by atoms with Crippen molar-refractivity contribution in [2.45, 2.75) is 45.7 Å². The maximum absolute atomic E-state index is 13.2. The van der Waals surface area contributed by atoms with Gasteiger partial charge in [0, 0.05) is 12.6 Å². The molecule has 1 fully saturated rings. The topological polar surface area (TPSA) is 84.2 Å². The number of hydrogen-bond donors (Lipinski definition) is 2. The van der Waals surface area contributed by atoms with Crippen LogP contribution in [0.2, 0.25) is 0 Å². The van der Waals surface area contributed by atoms with Gasteiger partial charge in [0.05, 0.1) is 17.7 Å². The number of aromatic nitrogens is 2. The SMILES string of the molecule is CC(C)Cn1ncc(C(=O)NC2CC(C(=O)O)C2)c1C(F)F. The van der Waals surface area contributed by atoms with Crippen molar-refractivity contribution in [2.75, 3.05) is 0 Å². The zero-order chi connectivity index (χ0) is 16.4. The number of halogens is 2. The Balaban J connectivity index is 2.07. The van der Waals surface area contributed by atoms with Crippen molar-refractivity contribution < 1.29 is 23.5 Å². The summed E-state index contributed by atoms with van der Waals surface area (Å²) in [6.07, 6.45) is -1.00. The zero-order valence-electron chi connectivity index (χ0n) is 12.4. The van der Waals surface area contributed by atoms with Crippen LogP contribution in [-0.2, 0) is 11.3 Å². The Bertz CT molecular complexity index is 566. The van der Waals surface area contributed by atoms with Gasteiger partial charge in [-0.3, -0.25) is 14.3 Å². The van der Waals surface area contributed by atoms with Gasteiger partial charge in [-0.05, 0) is 18.8 Å². The third kappa shape index (κ3) is 3.42. The third-order valence-electron chi connectivity index (χ3n) is 3.69. The van der Waals surface area contributed by atoms with Gasteiger partial charge in [-0.2, -0.15) is 5.10 Å². The molecule has 0 unspecified atom stereocenters. The Labute approximate surface area is 126 Å². The molecule has 0 aromatic carbocycles. The number of aliphatic carboxylic acids is 1. The number of carboxylic acids is 1. The highest BCUT2D eigenvalue weighted by molar-refractivity contribution is 5.95. The number of carbonyl (C=O) groups excluding carboxylic acids is 1. The molecule has 6 nitrogen and oxygen atoms in total. The average molecular weight is 315 g/mol. The average Bonchev–Trinajstić information content (AvgIpc) is 2.75. The molecule has 0 radical (unpaired) electrons. The molecule has 1 saturated carbocycles. The minimum Gasteiger partial charge on any atom is -0.481 e. The number of carbonyl (C=O) groups is 2. The second-order valence-electron chi connectivity index (χ2n) is 6.00. The largest absolute Gasteiger partial charge is 0.481 e. The highest BCUT2D eigenvalue weighted by Gasteiger charge is 2.36. The Morgan fingerprint density at radius 1 is 1.45 bits per heavy atom. The number of rotatable bonds is 6. The first-order valence-electron chi connectivity index (χ1n) is 7.17. The van der Waals surface area contributed by atoms with E-state index in [9.17, 15) is 18.4 Å². The summed E-state index contributed by atoms with van der Waals surface area (Å²) in [5.74, 6) is -1.87. The molecule has 2 N–H and O–H groups in total. The van der Waals surface area contributed by atoms with Crippen LogP contribution >= 0.6 is 0 Å². The van der Waals surface area contributed by atoms with Crippen LogP contribution in [0.1, 0.15) is 49.2 Å². The lowest BCUT2D eigenvalue weighted by Crippen LogP contribution is -2.46. The fourth-order valence-electron chi connectivity index (χ4n) is 2.49. The number of amides is 1. The summed E-state index contributed by atoms with van der Waals surface area (Å²) in [6.45, 7) is 4.05. The van der Waals surface area contributed by atoms with Gasteiger partial charge in [0.1, 0.15) is 5.69 Å². The molecule has 1 aliphatic carbocycles. The lowest BCUT2D eigenvalue weighted by atomic mass is 9.80. The quantitative estimate of drug-likeness (QED) is 0.841. The molecular weight excluding hydrogens is 296 g/mol. The first-order chi connectivity index (χ1) is 10.3. The standard InChI is InChI=1S/C14H19F2N3O3/c1-7(2)6-19-11(12(15)16)10(5-17-19)13(20)18-9-3-8(4-9)14(21)22/h5,7-9,12H,3-4,6H2,1-2H3,(H,18,20)(H,21,22). The van der Waals surface area contributed by atoms with E-state index >= 15 is 0 Å². The van der Waals surface area contributed by atoms with E-state index in [4.69, 9.17) is 5.11 Å². The second-order valence-corrected chi connectivity index (χ2v) is 6.00. The molecule has 0 spiro atoms. The Hall–Kier alpha value is -1.99. The van der Waals surface area contributed by atoms with Crippen molar-refractivity contribution in [1.82, 2.24) is 15.1 Å². The molecule has 2 rings (SSSR count). The normalized spacial score (nSPS) is 21.0. The molecule has 0 saturated heterocycles. The van der Waals surface area contributed by atoms with Gasteiger partial charge in [-0.15, -0.1) is 0 Å². The van der Waals surface area contributed by atoms with Crippen molar-refractivity contribution in [3.05, 3.63) is 17.5 Å². The lowest BCUT2D eigenvalue weighted by Gasteiger charge is -2.32. The van der Waals surface area contributed by atoms with Gasteiger partial charge in [0.15, 0.2) is 0 Å². The fraction of sp³-hybridized carbons (Fsp3) is 0.643. The van der Waals surface area contributed by atoms with Crippen molar-refractivity contribution >= 4 is 11.9 Å². The van der Waals surface area contributed by atoms with Crippen LogP contribution in [0.15, 0.2) is 6.20 Å². The molecule has 1 aromatic rings. The van der Waals surface area contributed by atoms with Gasteiger partial charge in [0.25, 0.3) is 12.3 Å². The molecule has 8 heteroatoms. The maximum atomic E-state index is 13.2. The minimum atomic E-state index is -2.80. The van der Waals surface area contributed by atoms with Crippen molar-refractivity contribution in [1.29, 1.82) is 0 Å². The van der Waals surface area contributed by atoms with Gasteiger partial charge < -0.3 is 10.4 Å². The summed E-state index contributed by atoms with van der Waals surface area (Å²) < 4.78 is 27.6. The van der Waals surface area contributed by atoms with Crippen molar-refractivity contribution in [2.24, 2.45) is 11.8 Å². The monoisotopic (exact) mass is 315 g/mol. The minimum absolute atomic E-state index is 0.122. The van der Waals surface area contributed by atoms with Crippen LogP contribution in [0.3, 0.4) is 0 Å². The molecule has 1 aromatic heterocycles. The second kappa shape index (κ2) is 6.41. The first-order valence-corrected chi connectivity index (χ1v) is 7.17. The van der Waals surface area contributed by atoms with Crippen LogP contribution in [0, 0.1) is 11.8 Å². The maximum Gasteiger partial charge on any atom is 0.306 e. The summed E-state index contributed by atoms with van der Waals surface area (Å²) in [4.78, 5) is 22.8. The summed E-state index contributed by atoms with van der Waals surface area (Å²) in [5.41, 5.74) is -0.533. The van der Waals surface area contributed by atoms with Crippen LogP contribution in [0.4, 0.5) is 8.78 Å². The molecule has 0 aliphatic heterocycles. The molecule has 122 valence electrons. The van der Waals surface area contributed by atoms with E-state index in [1.165, 1.54) is 0 Å². The Morgan fingerprint density at radius 3 is 2.59 bits per heavy atom. The molecule has 22 heavy (non-hydrogen) atoms. The number of alkyl halides is 2. The summed E-state index contributed by atoms with van der Waals surface area (Å²) in [7, 11) is 0. The van der Waals surface area contributed by atoms with E-state index in [-0.39, 0.29) is 23.2 Å². The lowest BCUT2D eigenvalue weighted by molar-refractivity contribution is -0.145. The van der Waals surface area contributed by atoms with E-state index in [1.54, 1.807) is 0 Å². The van der Waals surface area contributed by atoms with Crippen molar-refractivity contribution in [3.63, 3.8) is 0 Å². The van der Waals surface area contributed by atoms with Crippen LogP contribution in [0.25, 0.3) is 0 Å². The van der Waals surface area contributed by atoms with Crippen molar-refractivity contribution in [3.8, 4) is 0 Å². The number of carboxylic acid groups (broad SMARTS) is 1. The van der Waals surface area contributed by atoms with Gasteiger partial charge >= 0.3 is 5.97 Å². The number of nitrogens with one attached hydrogen (secondary N) is 1. The summed E-state index contributed by atoms with van der Waals surface area (Å²) in [5, 5.41) is 15.2. The Kier molecular flexibility index (Phi) is 4.77. The zero-order valence-corrected chi connectivity index (χ0v) is 12.4. The molecule has 1 heterocycles. The molecule has 1 amide bonds. The molecule has 0 atom stereocenters. The highest BCUT2D eigenvalue weighted by Crippen LogP contribution is 2.29. The van der Waals surface area contributed by atoms with E-state index in [0.717, 1.165) is 10.9 Å². The summed E-state index contributed by atoms with van der Waals surface area (Å²) in [6, 6.07) is -0.285. The Morgan fingerprint density at radius 2 is 2.09 bits per heavy atom. The fourth-order valence-corrected chi connectivity index (χ4v) is 2.49. The molecular formula is C14H19F2N3O3. The van der Waals surface area contributed by atoms with E-state index in [0.29, 0.717) is 19.4 Å². The van der Waals surface area contributed by atoms with E-state index < -0.39 is 24.2 Å². The van der Waals surface area contributed by atoms with Crippen LogP contribution in [0.5, 0.6) is 0 Å². The van der Waals surface area contributed by atoms with Crippen LogP contribution < -0.4 is 5.32 Å². The molecule has 1 aliphatic rings. The smallest absolute Gasteiger partial charge is 0.306 e. The number of hydrogen-bond acceptors (Lipinski definition) is 3. The number of nitrogens with zero attached hydrogens (tertiary/aromatic N) is 2. The van der Waals surface area contributed by atoms with E-state index in [1.807, 2.05) is 13.8 Å². The van der Waals surface area contributed by atoms with Gasteiger partial charge in [-0.1, -0.05) is 13.8 Å². The predicted molar refractivity (Wildman–Crippen MR) is 73.6 cm³/mol. The van der Waals surface area contributed by atoms with Gasteiger partial charge in [-0.25, -0.2) is 8.78 Å². The summed E-state index contributed by atoms with van der Waals surface area (Å²) >= 11 is 0.